The lowest BCUT2D eigenvalue weighted by Crippen LogP contribution is -2.29. The first-order valence-corrected chi connectivity index (χ1v) is 9.88. The lowest BCUT2D eigenvalue weighted by molar-refractivity contribution is -0.116. The molecule has 3 aromatic carbocycles. The van der Waals surface area contributed by atoms with Crippen LogP contribution in [0.15, 0.2) is 66.7 Å². The minimum atomic E-state index is -0.353. The van der Waals surface area contributed by atoms with E-state index in [2.05, 4.69) is 17.4 Å². The molecule has 1 heterocycles. The van der Waals surface area contributed by atoms with Gasteiger partial charge in [0, 0.05) is 12.1 Å². The highest BCUT2D eigenvalue weighted by atomic mass is 16.2. The van der Waals surface area contributed by atoms with E-state index in [1.807, 2.05) is 19.9 Å². The van der Waals surface area contributed by atoms with Crippen LogP contribution >= 0.6 is 0 Å². The van der Waals surface area contributed by atoms with E-state index in [4.69, 9.17) is 0 Å². The Morgan fingerprint density at radius 2 is 1.57 bits per heavy atom. The molecule has 30 heavy (non-hydrogen) atoms. The normalized spacial score (nSPS) is 12.8. The fourth-order valence-electron chi connectivity index (χ4n) is 3.74. The second-order valence-corrected chi connectivity index (χ2v) is 7.52. The minimum Gasteiger partial charge on any atom is -0.326 e. The highest BCUT2D eigenvalue weighted by Crippen LogP contribution is 2.29. The Morgan fingerprint density at radius 3 is 2.23 bits per heavy atom. The second kappa shape index (κ2) is 7.95. The first-order valence-electron chi connectivity index (χ1n) is 9.88. The first kappa shape index (κ1) is 19.6. The largest absolute Gasteiger partial charge is 0.326 e. The predicted octanol–water partition coefficient (Wildman–Crippen LogP) is 4.68. The number of benzene rings is 3. The maximum Gasteiger partial charge on any atom is 0.266 e. The van der Waals surface area contributed by atoms with E-state index in [9.17, 15) is 14.4 Å². The van der Waals surface area contributed by atoms with Gasteiger partial charge in [-0.15, -0.1) is 0 Å². The van der Waals surface area contributed by atoms with Gasteiger partial charge in [0.2, 0.25) is 5.91 Å². The molecule has 0 spiro atoms. The van der Waals surface area contributed by atoms with Crippen LogP contribution in [0, 0.1) is 13.8 Å². The van der Waals surface area contributed by atoms with Crippen molar-refractivity contribution in [2.24, 2.45) is 0 Å². The number of carbonyl (C=O) groups excluding carboxylic acids is 3. The average molecular weight is 398 g/mol. The third-order valence-electron chi connectivity index (χ3n) is 5.30. The van der Waals surface area contributed by atoms with Crippen LogP contribution in [0.4, 0.5) is 11.4 Å². The molecule has 0 atom stereocenters. The zero-order chi connectivity index (χ0) is 21.3. The zero-order valence-corrected chi connectivity index (χ0v) is 16.9. The summed E-state index contributed by atoms with van der Waals surface area (Å²) in [6, 6.07) is 19.8. The molecular weight excluding hydrogens is 376 g/mol. The smallest absolute Gasteiger partial charge is 0.266 e. The van der Waals surface area contributed by atoms with Crippen LogP contribution in [-0.2, 0) is 11.2 Å². The molecule has 0 aliphatic carbocycles. The quantitative estimate of drug-likeness (QED) is 0.635. The van der Waals surface area contributed by atoms with Crippen molar-refractivity contribution in [3.8, 4) is 0 Å². The van der Waals surface area contributed by atoms with Crippen LogP contribution in [0.3, 0.4) is 0 Å². The predicted molar refractivity (Wildman–Crippen MR) is 117 cm³/mol. The van der Waals surface area contributed by atoms with E-state index < -0.39 is 0 Å². The monoisotopic (exact) mass is 398 g/mol. The molecule has 3 amide bonds. The molecule has 0 fully saturated rings. The maximum absolute atomic E-state index is 12.7. The lowest BCUT2D eigenvalue weighted by Gasteiger charge is -2.15. The van der Waals surface area contributed by atoms with E-state index >= 15 is 0 Å². The number of amides is 3. The van der Waals surface area contributed by atoms with Gasteiger partial charge < -0.3 is 5.32 Å². The number of rotatable bonds is 5. The Balaban J connectivity index is 1.46. The number of hydrogen-bond acceptors (Lipinski definition) is 3. The van der Waals surface area contributed by atoms with Crippen LogP contribution in [0.25, 0.3) is 0 Å². The lowest BCUT2D eigenvalue weighted by atomic mass is 10.0. The van der Waals surface area contributed by atoms with Gasteiger partial charge in [-0.1, -0.05) is 42.0 Å². The zero-order valence-electron chi connectivity index (χ0n) is 16.9. The fraction of sp³-hybridized carbons (Fsp3) is 0.160. The molecule has 0 saturated carbocycles. The number of nitrogens with one attached hydrogen (secondary N) is 1. The number of anilines is 2. The number of nitrogens with zero attached hydrogens (tertiary/aromatic N) is 1. The van der Waals surface area contributed by atoms with Crippen molar-refractivity contribution in [3.05, 3.63) is 94.5 Å². The summed E-state index contributed by atoms with van der Waals surface area (Å²) in [5.74, 6) is -0.822. The van der Waals surface area contributed by atoms with Crippen LogP contribution in [0.2, 0.25) is 0 Å². The van der Waals surface area contributed by atoms with Gasteiger partial charge in [0.1, 0.15) is 0 Å². The van der Waals surface area contributed by atoms with E-state index in [-0.39, 0.29) is 17.7 Å². The van der Waals surface area contributed by atoms with Gasteiger partial charge in [-0.3, -0.25) is 14.4 Å². The van der Waals surface area contributed by atoms with Crippen LogP contribution < -0.4 is 10.2 Å². The molecule has 1 aliphatic heterocycles. The number of carbonyl (C=O) groups is 3. The van der Waals surface area contributed by atoms with Gasteiger partial charge in [0.15, 0.2) is 0 Å². The third kappa shape index (κ3) is 3.74. The molecule has 1 N–H and O–H groups in total. The molecule has 0 radical (unpaired) electrons. The van der Waals surface area contributed by atoms with Crippen molar-refractivity contribution in [2.75, 3.05) is 10.2 Å². The Labute approximate surface area is 175 Å². The Hall–Kier alpha value is -3.73. The summed E-state index contributed by atoms with van der Waals surface area (Å²) in [4.78, 5) is 38.9. The SMILES string of the molecule is Cc1ccc(CCC(=O)Nc2cccc(N3C(=O)c4ccccc4C3=O)c2)c(C)c1. The average Bonchev–Trinajstić information content (AvgIpc) is 2.98. The van der Waals surface area contributed by atoms with Crippen molar-refractivity contribution in [1.29, 1.82) is 0 Å². The fourth-order valence-corrected chi connectivity index (χ4v) is 3.74. The molecule has 0 bridgehead atoms. The molecule has 0 saturated heterocycles. The summed E-state index contributed by atoms with van der Waals surface area (Å²) >= 11 is 0. The Morgan fingerprint density at radius 1 is 0.867 bits per heavy atom. The van der Waals surface area contributed by atoms with Crippen molar-refractivity contribution in [1.82, 2.24) is 0 Å². The van der Waals surface area contributed by atoms with Crippen molar-refractivity contribution >= 4 is 29.1 Å². The van der Waals surface area contributed by atoms with Gasteiger partial charge in [-0.05, 0) is 61.7 Å². The van der Waals surface area contributed by atoms with Gasteiger partial charge >= 0.3 is 0 Å². The molecule has 0 aromatic heterocycles. The summed E-state index contributed by atoms with van der Waals surface area (Å²) in [6.07, 6.45) is 0.997. The molecular formula is C25H22N2O3. The van der Waals surface area contributed by atoms with Gasteiger partial charge in [0.05, 0.1) is 16.8 Å². The summed E-state index contributed by atoms with van der Waals surface area (Å²) in [5.41, 5.74) is 5.30. The van der Waals surface area contributed by atoms with Crippen molar-refractivity contribution < 1.29 is 14.4 Å². The Kier molecular flexibility index (Phi) is 5.19. The Bertz CT molecular complexity index is 1130. The molecule has 5 nitrogen and oxygen atoms in total. The molecule has 150 valence electrons. The van der Waals surface area contributed by atoms with E-state index in [1.54, 1.807) is 48.5 Å². The number of imide groups is 1. The van der Waals surface area contributed by atoms with Crippen LogP contribution in [0.5, 0.6) is 0 Å². The van der Waals surface area contributed by atoms with E-state index in [0.29, 0.717) is 35.3 Å². The summed E-state index contributed by atoms with van der Waals surface area (Å²) in [5, 5.41) is 2.87. The second-order valence-electron chi connectivity index (χ2n) is 7.52. The van der Waals surface area contributed by atoms with Gasteiger partial charge in [-0.25, -0.2) is 4.90 Å². The van der Waals surface area contributed by atoms with Gasteiger partial charge in [0.25, 0.3) is 11.8 Å². The van der Waals surface area contributed by atoms with E-state index in [1.165, 1.54) is 11.1 Å². The standard InChI is InChI=1S/C25H22N2O3/c1-16-10-11-18(17(2)14-16)12-13-23(28)26-19-6-5-7-20(15-19)27-24(29)21-8-3-4-9-22(21)25(27)30/h3-11,14-15H,12-13H2,1-2H3,(H,26,28). The van der Waals surface area contributed by atoms with Crippen molar-refractivity contribution in [2.45, 2.75) is 26.7 Å². The molecule has 4 rings (SSSR count). The topological polar surface area (TPSA) is 66.5 Å². The van der Waals surface area contributed by atoms with Crippen molar-refractivity contribution in [3.63, 3.8) is 0 Å². The highest BCUT2D eigenvalue weighted by Gasteiger charge is 2.36. The number of aryl methyl sites for hydroxylation is 3. The third-order valence-corrected chi connectivity index (χ3v) is 5.30. The molecule has 3 aromatic rings. The number of hydrogen-bond donors (Lipinski definition) is 1. The summed E-state index contributed by atoms with van der Waals surface area (Å²) in [6.45, 7) is 4.09. The highest BCUT2D eigenvalue weighted by molar-refractivity contribution is 6.34. The van der Waals surface area contributed by atoms with Crippen LogP contribution in [0.1, 0.15) is 43.8 Å². The first-order chi connectivity index (χ1) is 14.4. The maximum atomic E-state index is 12.7. The van der Waals surface area contributed by atoms with Crippen LogP contribution in [-0.4, -0.2) is 17.7 Å². The number of fused-ring (bicyclic) bond motifs is 1. The summed E-state index contributed by atoms with van der Waals surface area (Å²) in [7, 11) is 0. The van der Waals surface area contributed by atoms with E-state index in [0.717, 1.165) is 10.5 Å². The summed E-state index contributed by atoms with van der Waals surface area (Å²) < 4.78 is 0. The molecule has 0 unspecified atom stereocenters. The molecule has 1 aliphatic rings. The molecule has 5 heteroatoms. The minimum absolute atomic E-state index is 0.116. The van der Waals surface area contributed by atoms with Gasteiger partial charge in [-0.2, -0.15) is 0 Å².